The fourth-order valence-corrected chi connectivity index (χ4v) is 4.24. The van der Waals surface area contributed by atoms with Crippen molar-refractivity contribution in [3.63, 3.8) is 0 Å². The van der Waals surface area contributed by atoms with Crippen molar-refractivity contribution in [1.29, 1.82) is 0 Å². The molecule has 1 N–H and O–H groups in total. The number of morpholine rings is 1. The normalized spacial score (nSPS) is 18.2. The minimum absolute atomic E-state index is 0.0251. The fourth-order valence-electron chi connectivity index (χ4n) is 4.24. The van der Waals surface area contributed by atoms with Crippen molar-refractivity contribution >= 4 is 23.0 Å². The van der Waals surface area contributed by atoms with Gasteiger partial charge in [-0.3, -0.25) is 4.79 Å². The lowest BCUT2D eigenvalue weighted by atomic mass is 9.95. The maximum atomic E-state index is 12.6. The summed E-state index contributed by atoms with van der Waals surface area (Å²) in [6.45, 7) is 7.08. The number of ether oxygens (including phenoxy) is 1. The zero-order valence-electron chi connectivity index (χ0n) is 17.0. The summed E-state index contributed by atoms with van der Waals surface area (Å²) in [7, 11) is 0. The molecule has 0 radical (unpaired) electrons. The number of likely N-dealkylation sites (tertiary alicyclic amines) is 1. The van der Waals surface area contributed by atoms with E-state index in [0.29, 0.717) is 52.5 Å². The van der Waals surface area contributed by atoms with Crippen LogP contribution in [-0.2, 0) is 16.1 Å². The Kier molecular flexibility index (Phi) is 5.99. The number of hydrogen-bond acceptors (Lipinski definition) is 4. The largest absolute Gasteiger partial charge is 0.378 e. The zero-order chi connectivity index (χ0) is 20.2. The van der Waals surface area contributed by atoms with Gasteiger partial charge in [-0.15, -0.1) is 0 Å². The highest BCUT2D eigenvalue weighted by molar-refractivity contribution is 5.80. The molecule has 4 rings (SSSR count). The van der Waals surface area contributed by atoms with Crippen LogP contribution in [0.15, 0.2) is 24.3 Å². The second-order valence-electron chi connectivity index (χ2n) is 7.73. The summed E-state index contributed by atoms with van der Waals surface area (Å²) in [5.74, 6) is 1.19. The molecule has 156 valence electrons. The molecule has 8 heteroatoms. The Bertz CT molecular complexity index is 866. The van der Waals surface area contributed by atoms with Crippen LogP contribution in [0.3, 0.4) is 0 Å². The Morgan fingerprint density at radius 3 is 2.59 bits per heavy atom. The van der Waals surface area contributed by atoms with Gasteiger partial charge in [0.1, 0.15) is 5.82 Å². The molecule has 3 amide bonds. The first-order chi connectivity index (χ1) is 14.1. The second kappa shape index (κ2) is 8.82. The van der Waals surface area contributed by atoms with Crippen LogP contribution in [0.5, 0.6) is 0 Å². The van der Waals surface area contributed by atoms with Gasteiger partial charge in [-0.2, -0.15) is 0 Å². The van der Waals surface area contributed by atoms with Gasteiger partial charge in [0.15, 0.2) is 0 Å². The van der Waals surface area contributed by atoms with Gasteiger partial charge < -0.3 is 24.4 Å². The molecule has 2 saturated heterocycles. The number of fused-ring (bicyclic) bond motifs is 1. The van der Waals surface area contributed by atoms with Gasteiger partial charge in [0.25, 0.3) is 0 Å². The van der Waals surface area contributed by atoms with Crippen LogP contribution < -0.4 is 5.32 Å². The first-order valence-corrected chi connectivity index (χ1v) is 10.4. The lowest BCUT2D eigenvalue weighted by Crippen LogP contribution is -2.49. The third-order valence-electron chi connectivity index (χ3n) is 5.91. The number of aryl methyl sites for hydroxylation is 1. The topological polar surface area (TPSA) is 79.7 Å². The van der Waals surface area contributed by atoms with Crippen LogP contribution in [-0.4, -0.2) is 77.2 Å². The monoisotopic (exact) mass is 399 g/mol. The predicted octanol–water partition coefficient (Wildman–Crippen LogP) is 1.63. The molecule has 3 heterocycles. The number of amides is 3. The molecule has 1 aromatic carbocycles. The summed E-state index contributed by atoms with van der Waals surface area (Å²) >= 11 is 0. The fraction of sp³-hybridized carbons (Fsp3) is 0.571. The molecule has 0 spiro atoms. The summed E-state index contributed by atoms with van der Waals surface area (Å²) < 4.78 is 7.45. The van der Waals surface area contributed by atoms with E-state index in [1.165, 1.54) is 0 Å². The number of nitrogens with zero attached hydrogens (tertiary/aromatic N) is 4. The molecule has 0 aliphatic carbocycles. The summed E-state index contributed by atoms with van der Waals surface area (Å²) in [6.07, 6.45) is 1.46. The highest BCUT2D eigenvalue weighted by Crippen LogP contribution is 2.20. The van der Waals surface area contributed by atoms with E-state index in [1.54, 1.807) is 0 Å². The maximum Gasteiger partial charge on any atom is 0.317 e. The first-order valence-electron chi connectivity index (χ1n) is 10.4. The number of carbonyl (C=O) groups is 2. The minimum Gasteiger partial charge on any atom is -0.378 e. The molecule has 0 bridgehead atoms. The Hall–Kier alpha value is -2.61. The lowest BCUT2D eigenvalue weighted by Gasteiger charge is -2.35. The molecule has 2 aliphatic rings. The van der Waals surface area contributed by atoms with Crippen molar-refractivity contribution in [2.45, 2.75) is 26.3 Å². The molecule has 2 aliphatic heterocycles. The van der Waals surface area contributed by atoms with E-state index in [-0.39, 0.29) is 17.9 Å². The number of hydrogen-bond donors (Lipinski definition) is 1. The number of imidazole rings is 1. The standard InChI is InChI=1S/C21H29N5O3/c1-16-23-18-4-2-3-5-19(18)26(16)11-8-22-21(28)25-9-6-17(7-10-25)20(27)24-12-14-29-15-13-24/h2-5,17H,6-15H2,1H3,(H,22,28). The molecule has 29 heavy (non-hydrogen) atoms. The third kappa shape index (κ3) is 4.37. The van der Waals surface area contributed by atoms with E-state index in [1.807, 2.05) is 41.0 Å². The number of carbonyl (C=O) groups excluding carboxylic acids is 2. The predicted molar refractivity (Wildman–Crippen MR) is 110 cm³/mol. The van der Waals surface area contributed by atoms with Crippen LogP contribution in [0.1, 0.15) is 18.7 Å². The van der Waals surface area contributed by atoms with E-state index < -0.39 is 0 Å². The summed E-state index contributed by atoms with van der Waals surface area (Å²) in [4.78, 5) is 33.4. The zero-order valence-corrected chi connectivity index (χ0v) is 17.0. The van der Waals surface area contributed by atoms with Crippen molar-refractivity contribution in [1.82, 2.24) is 24.7 Å². The average Bonchev–Trinajstić information content (AvgIpc) is 3.09. The molecule has 2 fully saturated rings. The maximum absolute atomic E-state index is 12.6. The van der Waals surface area contributed by atoms with Crippen molar-refractivity contribution < 1.29 is 14.3 Å². The van der Waals surface area contributed by atoms with Gasteiger partial charge in [0.2, 0.25) is 5.91 Å². The molecule has 0 saturated carbocycles. The molecule has 1 aromatic heterocycles. The quantitative estimate of drug-likeness (QED) is 0.847. The Morgan fingerprint density at radius 2 is 1.83 bits per heavy atom. The average molecular weight is 399 g/mol. The van der Waals surface area contributed by atoms with Crippen molar-refractivity contribution in [3.8, 4) is 0 Å². The Labute approximate surface area is 170 Å². The van der Waals surface area contributed by atoms with Crippen LogP contribution in [0, 0.1) is 12.8 Å². The van der Waals surface area contributed by atoms with Crippen LogP contribution >= 0.6 is 0 Å². The van der Waals surface area contributed by atoms with Gasteiger partial charge in [0.05, 0.1) is 24.2 Å². The molecule has 2 aromatic rings. The molecule has 0 unspecified atom stereocenters. The lowest BCUT2D eigenvalue weighted by molar-refractivity contribution is -0.141. The van der Waals surface area contributed by atoms with Crippen LogP contribution in [0.25, 0.3) is 11.0 Å². The van der Waals surface area contributed by atoms with E-state index in [4.69, 9.17) is 4.74 Å². The highest BCUT2D eigenvalue weighted by Gasteiger charge is 2.30. The number of urea groups is 1. The third-order valence-corrected chi connectivity index (χ3v) is 5.91. The number of benzene rings is 1. The summed E-state index contributed by atoms with van der Waals surface area (Å²) in [5, 5.41) is 3.02. The molecular formula is C21H29N5O3. The number of para-hydroxylation sites is 2. The van der Waals surface area contributed by atoms with E-state index >= 15 is 0 Å². The molecule has 8 nitrogen and oxygen atoms in total. The smallest absolute Gasteiger partial charge is 0.317 e. The Balaban J connectivity index is 1.24. The van der Waals surface area contributed by atoms with Crippen molar-refractivity contribution in [2.24, 2.45) is 5.92 Å². The van der Waals surface area contributed by atoms with E-state index in [2.05, 4.69) is 14.9 Å². The minimum atomic E-state index is -0.0515. The molecule has 0 atom stereocenters. The number of aromatic nitrogens is 2. The van der Waals surface area contributed by atoms with E-state index in [0.717, 1.165) is 29.7 Å². The van der Waals surface area contributed by atoms with Crippen LogP contribution in [0.4, 0.5) is 4.79 Å². The van der Waals surface area contributed by atoms with Crippen molar-refractivity contribution in [2.75, 3.05) is 45.9 Å². The van der Waals surface area contributed by atoms with Gasteiger partial charge in [-0.1, -0.05) is 12.1 Å². The Morgan fingerprint density at radius 1 is 1.10 bits per heavy atom. The number of piperidine rings is 1. The summed E-state index contributed by atoms with van der Waals surface area (Å²) in [5.41, 5.74) is 2.06. The number of rotatable bonds is 4. The van der Waals surface area contributed by atoms with Gasteiger partial charge >= 0.3 is 6.03 Å². The van der Waals surface area contributed by atoms with Gasteiger partial charge in [0, 0.05) is 45.2 Å². The van der Waals surface area contributed by atoms with E-state index in [9.17, 15) is 9.59 Å². The first kappa shape index (κ1) is 19.7. The molecular weight excluding hydrogens is 370 g/mol. The SMILES string of the molecule is Cc1nc2ccccc2n1CCNC(=O)N1CCC(C(=O)N2CCOCC2)CC1. The highest BCUT2D eigenvalue weighted by atomic mass is 16.5. The van der Waals surface area contributed by atoms with Gasteiger partial charge in [-0.05, 0) is 31.9 Å². The van der Waals surface area contributed by atoms with Gasteiger partial charge in [-0.25, -0.2) is 9.78 Å². The van der Waals surface area contributed by atoms with Crippen LogP contribution in [0.2, 0.25) is 0 Å². The summed E-state index contributed by atoms with van der Waals surface area (Å²) in [6, 6.07) is 7.98. The number of nitrogens with one attached hydrogen (secondary N) is 1. The van der Waals surface area contributed by atoms with Crippen molar-refractivity contribution in [3.05, 3.63) is 30.1 Å². The second-order valence-corrected chi connectivity index (χ2v) is 7.73.